The Labute approximate surface area is 173 Å². The molecule has 2 aromatic carbocycles. The number of rotatable bonds is 7. The topological polar surface area (TPSA) is 38.8 Å². The highest BCUT2D eigenvalue weighted by Crippen LogP contribution is 2.35. The summed E-state index contributed by atoms with van der Waals surface area (Å²) in [6.07, 6.45) is 2.64. The fourth-order valence-corrected chi connectivity index (χ4v) is 4.04. The van der Waals surface area contributed by atoms with Crippen molar-refractivity contribution in [2.45, 2.75) is 20.0 Å². The summed E-state index contributed by atoms with van der Waals surface area (Å²) in [5.41, 5.74) is 1.26. The van der Waals surface area contributed by atoms with E-state index >= 15 is 0 Å². The Morgan fingerprint density at radius 1 is 1.21 bits per heavy atom. The average molecular weight is 418 g/mol. The molecule has 0 radical (unpaired) electrons. The lowest BCUT2D eigenvalue weighted by Crippen LogP contribution is -2.28. The zero-order valence-electron chi connectivity index (χ0n) is 15.6. The molecule has 0 unspecified atom stereocenters. The van der Waals surface area contributed by atoms with Crippen LogP contribution in [-0.4, -0.2) is 28.8 Å². The first-order chi connectivity index (χ1) is 13.5. The molecule has 0 aromatic heterocycles. The molecule has 1 fully saturated rings. The number of thioether (sulfide) groups is 1. The van der Waals surface area contributed by atoms with E-state index in [-0.39, 0.29) is 18.3 Å². The standard InChI is InChI=1S/C21H20FNO3S2/c1-3-10-23-20(24)19(28-21(23)27)12-14-8-9-17(18(11-14)25-2)26-13-15-6-4-5-7-16(15)22/h4-9,11-12H,3,10,13H2,1-2H3/b19-12+. The van der Waals surface area contributed by atoms with Crippen LogP contribution in [0.2, 0.25) is 0 Å². The first-order valence-corrected chi connectivity index (χ1v) is 10.1. The smallest absolute Gasteiger partial charge is 0.266 e. The maximum absolute atomic E-state index is 13.8. The van der Waals surface area contributed by atoms with Crippen molar-refractivity contribution < 1.29 is 18.7 Å². The van der Waals surface area contributed by atoms with Crippen LogP contribution in [0.1, 0.15) is 24.5 Å². The molecule has 1 heterocycles. The van der Waals surface area contributed by atoms with Crippen LogP contribution in [0, 0.1) is 5.82 Å². The van der Waals surface area contributed by atoms with Crippen LogP contribution in [0.15, 0.2) is 47.4 Å². The van der Waals surface area contributed by atoms with E-state index in [1.54, 1.807) is 41.3 Å². The number of halogens is 1. The number of hydrogen-bond acceptors (Lipinski definition) is 5. The van der Waals surface area contributed by atoms with Gasteiger partial charge in [-0.05, 0) is 36.3 Å². The molecule has 1 aliphatic heterocycles. The van der Waals surface area contributed by atoms with Gasteiger partial charge in [-0.25, -0.2) is 4.39 Å². The molecule has 7 heteroatoms. The summed E-state index contributed by atoms with van der Waals surface area (Å²) in [4.78, 5) is 14.7. The second kappa shape index (κ2) is 9.21. The van der Waals surface area contributed by atoms with Crippen molar-refractivity contribution in [3.8, 4) is 11.5 Å². The fourth-order valence-electron chi connectivity index (χ4n) is 2.73. The molecular weight excluding hydrogens is 397 g/mol. The molecule has 28 heavy (non-hydrogen) atoms. The lowest BCUT2D eigenvalue weighted by molar-refractivity contribution is -0.122. The highest BCUT2D eigenvalue weighted by Gasteiger charge is 2.31. The van der Waals surface area contributed by atoms with Gasteiger partial charge in [-0.1, -0.05) is 55.2 Å². The van der Waals surface area contributed by atoms with E-state index in [0.717, 1.165) is 12.0 Å². The number of carbonyl (C=O) groups is 1. The quantitative estimate of drug-likeness (QED) is 0.467. The van der Waals surface area contributed by atoms with Gasteiger partial charge in [-0.15, -0.1) is 0 Å². The van der Waals surface area contributed by atoms with Crippen LogP contribution < -0.4 is 9.47 Å². The van der Waals surface area contributed by atoms with Crippen molar-refractivity contribution in [1.82, 2.24) is 4.90 Å². The average Bonchev–Trinajstić information content (AvgIpc) is 2.95. The van der Waals surface area contributed by atoms with E-state index in [9.17, 15) is 9.18 Å². The highest BCUT2D eigenvalue weighted by atomic mass is 32.2. The van der Waals surface area contributed by atoms with Gasteiger partial charge in [0.25, 0.3) is 5.91 Å². The lowest BCUT2D eigenvalue weighted by atomic mass is 10.1. The Hall–Kier alpha value is -2.38. The molecule has 2 aromatic rings. The predicted octanol–water partition coefficient (Wildman–Crippen LogP) is 5.02. The molecule has 1 aliphatic rings. The van der Waals surface area contributed by atoms with Gasteiger partial charge in [0.15, 0.2) is 11.5 Å². The molecule has 146 valence electrons. The number of ether oxygens (including phenoxy) is 2. The number of amides is 1. The Bertz CT molecular complexity index is 930. The van der Waals surface area contributed by atoms with Gasteiger partial charge >= 0.3 is 0 Å². The lowest BCUT2D eigenvalue weighted by Gasteiger charge is -2.12. The minimum atomic E-state index is -0.313. The number of carbonyl (C=O) groups excluding carboxylic acids is 1. The third kappa shape index (κ3) is 4.54. The van der Waals surface area contributed by atoms with Gasteiger partial charge in [0.2, 0.25) is 0 Å². The van der Waals surface area contributed by atoms with E-state index in [1.165, 1.54) is 24.9 Å². The third-order valence-corrected chi connectivity index (χ3v) is 5.53. The van der Waals surface area contributed by atoms with Crippen LogP contribution in [0.3, 0.4) is 0 Å². The van der Waals surface area contributed by atoms with E-state index in [1.807, 2.05) is 13.0 Å². The maximum Gasteiger partial charge on any atom is 0.266 e. The van der Waals surface area contributed by atoms with Gasteiger partial charge in [0, 0.05) is 12.1 Å². The van der Waals surface area contributed by atoms with Gasteiger partial charge in [-0.2, -0.15) is 0 Å². The van der Waals surface area contributed by atoms with Crippen molar-refractivity contribution >= 4 is 40.3 Å². The summed E-state index contributed by atoms with van der Waals surface area (Å²) in [5.74, 6) is 0.624. The fraction of sp³-hybridized carbons (Fsp3) is 0.238. The number of hydrogen-bond donors (Lipinski definition) is 0. The summed E-state index contributed by atoms with van der Waals surface area (Å²) in [6.45, 7) is 2.72. The van der Waals surface area contributed by atoms with E-state index in [4.69, 9.17) is 21.7 Å². The van der Waals surface area contributed by atoms with Crippen molar-refractivity contribution in [2.75, 3.05) is 13.7 Å². The Balaban J connectivity index is 1.77. The van der Waals surface area contributed by atoms with Crippen LogP contribution in [0.5, 0.6) is 11.5 Å². The Kier molecular flexibility index (Phi) is 6.70. The number of thiocarbonyl (C=S) groups is 1. The van der Waals surface area contributed by atoms with E-state index in [2.05, 4.69) is 0 Å². The van der Waals surface area contributed by atoms with E-state index < -0.39 is 0 Å². The highest BCUT2D eigenvalue weighted by molar-refractivity contribution is 8.26. The summed E-state index contributed by atoms with van der Waals surface area (Å²) < 4.78 is 25.5. The number of benzene rings is 2. The van der Waals surface area contributed by atoms with Crippen molar-refractivity contribution in [3.05, 3.63) is 64.3 Å². The molecule has 3 rings (SSSR count). The predicted molar refractivity (Wildman–Crippen MR) is 114 cm³/mol. The summed E-state index contributed by atoms with van der Waals surface area (Å²) in [6, 6.07) is 11.8. The first kappa shape index (κ1) is 20.4. The van der Waals surface area contributed by atoms with E-state index in [0.29, 0.717) is 32.8 Å². The van der Waals surface area contributed by atoms with Crippen molar-refractivity contribution in [1.29, 1.82) is 0 Å². The number of nitrogens with zero attached hydrogens (tertiary/aromatic N) is 1. The van der Waals surface area contributed by atoms with Gasteiger partial charge < -0.3 is 9.47 Å². The maximum atomic E-state index is 13.8. The van der Waals surface area contributed by atoms with Crippen LogP contribution in [0.4, 0.5) is 4.39 Å². The Morgan fingerprint density at radius 3 is 2.71 bits per heavy atom. The van der Waals surface area contributed by atoms with Gasteiger partial charge in [0.1, 0.15) is 16.7 Å². The molecule has 1 amide bonds. The largest absolute Gasteiger partial charge is 0.493 e. The normalized spacial score (nSPS) is 15.4. The first-order valence-electron chi connectivity index (χ1n) is 8.83. The molecule has 4 nitrogen and oxygen atoms in total. The third-order valence-electron chi connectivity index (χ3n) is 4.15. The van der Waals surface area contributed by atoms with Crippen LogP contribution >= 0.6 is 24.0 Å². The molecule has 0 aliphatic carbocycles. The molecule has 0 saturated carbocycles. The summed E-state index contributed by atoms with van der Waals surface area (Å²) in [7, 11) is 1.54. The second-order valence-corrected chi connectivity index (χ2v) is 7.80. The van der Waals surface area contributed by atoms with Gasteiger partial charge in [-0.3, -0.25) is 9.69 Å². The molecule has 1 saturated heterocycles. The SMILES string of the molecule is CCCN1C(=O)/C(=C\c2ccc(OCc3ccccc3F)c(OC)c2)SC1=S. The van der Waals surface area contributed by atoms with Crippen LogP contribution in [-0.2, 0) is 11.4 Å². The van der Waals surface area contributed by atoms with Gasteiger partial charge in [0.05, 0.1) is 12.0 Å². The molecule has 0 bridgehead atoms. The molecular formula is C21H20FNO3S2. The minimum Gasteiger partial charge on any atom is -0.493 e. The molecule has 0 atom stereocenters. The van der Waals surface area contributed by atoms with Crippen molar-refractivity contribution in [2.24, 2.45) is 0 Å². The monoisotopic (exact) mass is 417 g/mol. The molecule has 0 spiro atoms. The molecule has 0 N–H and O–H groups in total. The zero-order chi connectivity index (χ0) is 20.1. The minimum absolute atomic E-state index is 0.0734. The van der Waals surface area contributed by atoms with Crippen molar-refractivity contribution in [3.63, 3.8) is 0 Å². The summed E-state index contributed by atoms with van der Waals surface area (Å²) >= 11 is 6.59. The summed E-state index contributed by atoms with van der Waals surface area (Å²) in [5, 5.41) is 0. The van der Waals surface area contributed by atoms with Crippen LogP contribution in [0.25, 0.3) is 6.08 Å². The number of methoxy groups -OCH3 is 1. The zero-order valence-corrected chi connectivity index (χ0v) is 17.2. The second-order valence-electron chi connectivity index (χ2n) is 6.12. The Morgan fingerprint density at radius 2 is 2.00 bits per heavy atom.